The summed E-state index contributed by atoms with van der Waals surface area (Å²) >= 11 is 0. The van der Waals surface area contributed by atoms with Crippen LogP contribution in [0.3, 0.4) is 0 Å². The number of fused-ring (bicyclic) bond motifs is 5. The van der Waals surface area contributed by atoms with Crippen LogP contribution in [0.25, 0.3) is 0 Å². The molecule has 0 bridgehead atoms. The Morgan fingerprint density at radius 3 is 2.31 bits per heavy atom. The lowest BCUT2D eigenvalue weighted by atomic mass is 9.55. The Bertz CT molecular complexity index is 1190. The van der Waals surface area contributed by atoms with E-state index in [9.17, 15) is 4.79 Å². The van der Waals surface area contributed by atoms with Crippen LogP contribution in [0.5, 0.6) is 5.75 Å². The average molecular weight is 467 g/mol. The first-order valence-electron chi connectivity index (χ1n) is 13.1. The molecule has 3 nitrogen and oxygen atoms in total. The minimum absolute atomic E-state index is 0.0351. The lowest BCUT2D eigenvalue weighted by molar-refractivity contribution is -0.137. The number of ether oxygens (including phenoxy) is 2. The Morgan fingerprint density at radius 2 is 1.57 bits per heavy atom. The van der Waals surface area contributed by atoms with Crippen molar-refractivity contribution in [1.82, 2.24) is 0 Å². The molecule has 3 aliphatic carbocycles. The number of rotatable bonds is 6. The van der Waals surface area contributed by atoms with Crippen LogP contribution >= 0.6 is 0 Å². The maximum Gasteiger partial charge on any atom is 0.141 e. The molecule has 0 spiro atoms. The van der Waals surface area contributed by atoms with E-state index in [0.717, 1.165) is 37.0 Å². The number of aryl methyl sites for hydroxylation is 1. The standard InChI is InChI=1S/C32H34O3/c1-32-19-29(33)31-26-15-13-25(34-20-22-8-4-2-5-9-22)18-24(26)12-14-27(31)28(32)16-17-30(32)35-21-23-10-6-3-7-11-23/h2-11,13,15,18,27-28,30-31H,12,14,16-17,19-21H2,1H3/t27?,28?,30?,31?,32-/m0/s1. The molecule has 3 aromatic rings. The van der Waals surface area contributed by atoms with Crippen molar-refractivity contribution in [3.05, 3.63) is 101 Å². The van der Waals surface area contributed by atoms with E-state index >= 15 is 0 Å². The van der Waals surface area contributed by atoms with Gasteiger partial charge in [-0.25, -0.2) is 0 Å². The summed E-state index contributed by atoms with van der Waals surface area (Å²) in [6.07, 6.45) is 5.12. The molecule has 0 radical (unpaired) electrons. The third kappa shape index (κ3) is 4.21. The number of Topliss-reactive ketones (excluding diaryl/α,β-unsaturated/α-hetero) is 1. The second-order valence-electron chi connectivity index (χ2n) is 10.9. The lowest BCUT2D eigenvalue weighted by Crippen LogP contribution is -2.48. The summed E-state index contributed by atoms with van der Waals surface area (Å²) in [6, 6.07) is 27.1. The molecule has 2 fully saturated rings. The van der Waals surface area contributed by atoms with E-state index < -0.39 is 0 Å². The van der Waals surface area contributed by atoms with Gasteiger partial charge in [0.15, 0.2) is 0 Å². The highest BCUT2D eigenvalue weighted by Crippen LogP contribution is 2.60. The van der Waals surface area contributed by atoms with Crippen LogP contribution in [-0.2, 0) is 29.2 Å². The highest BCUT2D eigenvalue weighted by Gasteiger charge is 2.58. The summed E-state index contributed by atoms with van der Waals surface area (Å²) in [5.74, 6) is 2.31. The molecule has 180 valence electrons. The van der Waals surface area contributed by atoms with Crippen molar-refractivity contribution in [3.8, 4) is 5.75 Å². The van der Waals surface area contributed by atoms with E-state index in [2.05, 4.69) is 61.5 Å². The van der Waals surface area contributed by atoms with Crippen molar-refractivity contribution in [2.24, 2.45) is 17.3 Å². The zero-order valence-electron chi connectivity index (χ0n) is 20.5. The second kappa shape index (κ2) is 9.28. The molecule has 0 saturated heterocycles. The van der Waals surface area contributed by atoms with Gasteiger partial charge in [-0.05, 0) is 71.9 Å². The molecular weight excluding hydrogens is 432 g/mol. The largest absolute Gasteiger partial charge is 0.489 e. The van der Waals surface area contributed by atoms with Gasteiger partial charge in [0, 0.05) is 17.8 Å². The molecule has 6 rings (SSSR count). The number of ketones is 1. The summed E-state index contributed by atoms with van der Waals surface area (Å²) in [5.41, 5.74) is 4.86. The molecule has 3 aromatic carbocycles. The molecule has 35 heavy (non-hydrogen) atoms. The third-order valence-electron chi connectivity index (χ3n) is 8.91. The first kappa shape index (κ1) is 22.5. The Kier molecular flexibility index (Phi) is 5.98. The molecule has 5 atom stereocenters. The van der Waals surface area contributed by atoms with E-state index in [1.54, 1.807) is 0 Å². The van der Waals surface area contributed by atoms with Crippen LogP contribution in [0.1, 0.15) is 60.8 Å². The smallest absolute Gasteiger partial charge is 0.141 e. The molecule has 0 heterocycles. The van der Waals surface area contributed by atoms with Gasteiger partial charge in [0.2, 0.25) is 0 Å². The molecule has 2 saturated carbocycles. The predicted molar refractivity (Wildman–Crippen MR) is 137 cm³/mol. The fourth-order valence-corrected chi connectivity index (χ4v) is 7.21. The second-order valence-corrected chi connectivity index (χ2v) is 10.9. The van der Waals surface area contributed by atoms with Gasteiger partial charge in [-0.3, -0.25) is 4.79 Å². The first-order chi connectivity index (χ1) is 17.1. The number of carbonyl (C=O) groups is 1. The van der Waals surface area contributed by atoms with Gasteiger partial charge in [-0.15, -0.1) is 0 Å². The number of hydrogen-bond acceptors (Lipinski definition) is 3. The van der Waals surface area contributed by atoms with Crippen molar-refractivity contribution in [2.45, 2.75) is 64.3 Å². The monoisotopic (exact) mass is 466 g/mol. The molecule has 3 heteroatoms. The Labute approximate surface area is 208 Å². The van der Waals surface area contributed by atoms with Crippen molar-refractivity contribution in [3.63, 3.8) is 0 Å². The lowest BCUT2D eigenvalue weighted by Gasteiger charge is -2.49. The maximum absolute atomic E-state index is 13.7. The maximum atomic E-state index is 13.7. The summed E-state index contributed by atoms with van der Waals surface area (Å²) in [6.45, 7) is 3.52. The number of carbonyl (C=O) groups excluding carboxylic acids is 1. The van der Waals surface area contributed by atoms with Gasteiger partial charge in [0.05, 0.1) is 12.7 Å². The van der Waals surface area contributed by atoms with Crippen LogP contribution in [0.2, 0.25) is 0 Å². The normalized spacial score (nSPS) is 29.2. The van der Waals surface area contributed by atoms with Gasteiger partial charge in [0.1, 0.15) is 18.1 Å². The Hall–Kier alpha value is -2.91. The molecule has 0 N–H and O–H groups in total. The average Bonchev–Trinajstić information content (AvgIpc) is 3.22. The Balaban J connectivity index is 1.18. The summed E-state index contributed by atoms with van der Waals surface area (Å²) in [7, 11) is 0. The van der Waals surface area contributed by atoms with Gasteiger partial charge in [-0.1, -0.05) is 73.7 Å². The molecular formula is C32H34O3. The highest BCUT2D eigenvalue weighted by molar-refractivity contribution is 5.88. The minimum Gasteiger partial charge on any atom is -0.489 e. The van der Waals surface area contributed by atoms with Crippen LogP contribution < -0.4 is 4.74 Å². The van der Waals surface area contributed by atoms with Gasteiger partial charge >= 0.3 is 0 Å². The van der Waals surface area contributed by atoms with E-state index in [1.807, 2.05) is 24.3 Å². The molecule has 0 aromatic heterocycles. The number of hydrogen-bond donors (Lipinski definition) is 0. The zero-order valence-corrected chi connectivity index (χ0v) is 20.5. The van der Waals surface area contributed by atoms with Crippen molar-refractivity contribution in [1.29, 1.82) is 0 Å². The topological polar surface area (TPSA) is 35.5 Å². The van der Waals surface area contributed by atoms with E-state index in [4.69, 9.17) is 9.47 Å². The Morgan fingerprint density at radius 1 is 0.857 bits per heavy atom. The SMILES string of the molecule is C[C@]12CC(=O)C3c4ccc(OCc5ccccc5)cc4CCC3C1CCC2OCc1ccccc1. The zero-order chi connectivity index (χ0) is 23.8. The van der Waals surface area contributed by atoms with E-state index in [-0.39, 0.29) is 17.4 Å². The predicted octanol–water partition coefficient (Wildman–Crippen LogP) is 6.89. The quantitative estimate of drug-likeness (QED) is 0.397. The van der Waals surface area contributed by atoms with Crippen molar-refractivity contribution >= 4 is 5.78 Å². The van der Waals surface area contributed by atoms with Crippen LogP contribution in [0.4, 0.5) is 0 Å². The van der Waals surface area contributed by atoms with Crippen molar-refractivity contribution in [2.75, 3.05) is 0 Å². The highest BCUT2D eigenvalue weighted by atomic mass is 16.5. The molecule has 0 amide bonds. The van der Waals surface area contributed by atoms with Crippen LogP contribution in [0.15, 0.2) is 78.9 Å². The molecule has 4 unspecified atom stereocenters. The fourth-order valence-electron chi connectivity index (χ4n) is 7.21. The van der Waals surface area contributed by atoms with Gasteiger partial charge in [0.25, 0.3) is 0 Å². The van der Waals surface area contributed by atoms with E-state index in [1.165, 1.54) is 16.7 Å². The minimum atomic E-state index is -0.0523. The third-order valence-corrected chi connectivity index (χ3v) is 8.91. The molecule has 0 aliphatic heterocycles. The number of benzene rings is 3. The fraction of sp³-hybridized carbons (Fsp3) is 0.406. The van der Waals surface area contributed by atoms with E-state index in [0.29, 0.717) is 37.3 Å². The van der Waals surface area contributed by atoms with Crippen molar-refractivity contribution < 1.29 is 14.3 Å². The summed E-state index contributed by atoms with van der Waals surface area (Å²) in [5, 5.41) is 0. The summed E-state index contributed by atoms with van der Waals surface area (Å²) < 4.78 is 12.6. The summed E-state index contributed by atoms with van der Waals surface area (Å²) in [4.78, 5) is 13.7. The van der Waals surface area contributed by atoms with Crippen LogP contribution in [0, 0.1) is 17.3 Å². The van der Waals surface area contributed by atoms with Gasteiger partial charge in [-0.2, -0.15) is 0 Å². The molecule has 3 aliphatic rings. The van der Waals surface area contributed by atoms with Crippen LogP contribution in [-0.4, -0.2) is 11.9 Å². The first-order valence-corrected chi connectivity index (χ1v) is 13.1. The van der Waals surface area contributed by atoms with Gasteiger partial charge < -0.3 is 9.47 Å².